The lowest BCUT2D eigenvalue weighted by atomic mass is 9.92. The molecule has 0 amide bonds. The van der Waals surface area contributed by atoms with Crippen molar-refractivity contribution in [1.82, 2.24) is 10.3 Å². The summed E-state index contributed by atoms with van der Waals surface area (Å²) in [4.78, 5) is 4.43. The molecule has 1 N–H and O–H groups in total. The Morgan fingerprint density at radius 3 is 3.07 bits per heavy atom. The van der Waals surface area contributed by atoms with Gasteiger partial charge in [0.2, 0.25) is 0 Å². The lowest BCUT2D eigenvalue weighted by molar-refractivity contribution is 0.556. The summed E-state index contributed by atoms with van der Waals surface area (Å²) in [6.07, 6.45) is 7.55. The number of hydrogen-bond acceptors (Lipinski definition) is 3. The van der Waals surface area contributed by atoms with E-state index in [4.69, 9.17) is 0 Å². The van der Waals surface area contributed by atoms with Crippen molar-refractivity contribution < 1.29 is 0 Å². The Bertz CT molecular complexity index is 316. The van der Waals surface area contributed by atoms with Crippen LogP contribution in [-0.2, 0) is 0 Å². The van der Waals surface area contributed by atoms with Gasteiger partial charge in [-0.15, -0.1) is 11.3 Å². The molecule has 1 aromatic rings. The van der Waals surface area contributed by atoms with Crippen LogP contribution in [0.3, 0.4) is 0 Å². The number of allylic oxidation sites excluding steroid dienone is 1. The van der Waals surface area contributed by atoms with Gasteiger partial charge in [0.15, 0.2) is 0 Å². The third-order valence-corrected chi connectivity index (χ3v) is 3.46. The van der Waals surface area contributed by atoms with E-state index in [1.807, 2.05) is 5.51 Å². The Labute approximate surface area is 95.4 Å². The zero-order chi connectivity index (χ0) is 10.5. The molecule has 0 bridgehead atoms. The van der Waals surface area contributed by atoms with Gasteiger partial charge in [-0.2, -0.15) is 0 Å². The van der Waals surface area contributed by atoms with Crippen molar-refractivity contribution in [2.24, 2.45) is 0 Å². The third kappa shape index (κ3) is 2.67. The largest absolute Gasteiger partial charge is 0.305 e. The first kappa shape index (κ1) is 10.8. The Morgan fingerprint density at radius 1 is 1.53 bits per heavy atom. The van der Waals surface area contributed by atoms with Crippen LogP contribution in [0.15, 0.2) is 22.5 Å². The minimum absolute atomic E-state index is 0.363. The van der Waals surface area contributed by atoms with E-state index in [0.29, 0.717) is 6.04 Å². The van der Waals surface area contributed by atoms with Crippen LogP contribution in [0.4, 0.5) is 0 Å². The fraction of sp³-hybridized carbons (Fsp3) is 0.583. The summed E-state index contributed by atoms with van der Waals surface area (Å²) >= 11 is 1.68. The number of hydrogen-bond donors (Lipinski definition) is 1. The minimum Gasteiger partial charge on any atom is -0.305 e. The summed E-state index contributed by atoms with van der Waals surface area (Å²) in [5, 5.41) is 5.69. The summed E-state index contributed by atoms with van der Waals surface area (Å²) in [6.45, 7) is 3.16. The van der Waals surface area contributed by atoms with Crippen LogP contribution < -0.4 is 5.32 Å². The summed E-state index contributed by atoms with van der Waals surface area (Å²) in [5.41, 5.74) is 4.65. The Hall–Kier alpha value is -0.670. The van der Waals surface area contributed by atoms with Gasteiger partial charge in [0.05, 0.1) is 17.2 Å². The summed E-state index contributed by atoms with van der Waals surface area (Å²) in [5.74, 6) is 0. The molecule has 1 heterocycles. The van der Waals surface area contributed by atoms with Crippen LogP contribution in [0.5, 0.6) is 0 Å². The van der Waals surface area contributed by atoms with Crippen molar-refractivity contribution in [2.45, 2.75) is 38.6 Å². The second-order valence-electron chi connectivity index (χ2n) is 3.93. The number of rotatable bonds is 4. The van der Waals surface area contributed by atoms with Crippen LogP contribution in [0, 0.1) is 0 Å². The van der Waals surface area contributed by atoms with E-state index in [9.17, 15) is 0 Å². The van der Waals surface area contributed by atoms with E-state index in [1.54, 1.807) is 11.3 Å². The van der Waals surface area contributed by atoms with Gasteiger partial charge in [0.1, 0.15) is 0 Å². The van der Waals surface area contributed by atoms with Crippen molar-refractivity contribution in [3.8, 4) is 0 Å². The molecule has 0 aromatic carbocycles. The Morgan fingerprint density at radius 2 is 2.47 bits per heavy atom. The second-order valence-corrected chi connectivity index (χ2v) is 4.65. The first-order valence-electron chi connectivity index (χ1n) is 5.72. The summed E-state index contributed by atoms with van der Waals surface area (Å²) in [7, 11) is 0. The lowest BCUT2D eigenvalue weighted by Crippen LogP contribution is -2.23. The number of nitrogens with zero attached hydrogens (tertiary/aromatic N) is 1. The van der Waals surface area contributed by atoms with Gasteiger partial charge in [0, 0.05) is 5.38 Å². The molecule has 82 valence electrons. The molecule has 1 atom stereocenters. The van der Waals surface area contributed by atoms with Gasteiger partial charge in [-0.05, 0) is 32.2 Å². The Balaban J connectivity index is 2.15. The molecule has 1 aromatic heterocycles. The summed E-state index contributed by atoms with van der Waals surface area (Å²) < 4.78 is 0. The van der Waals surface area contributed by atoms with Gasteiger partial charge in [-0.25, -0.2) is 4.98 Å². The highest BCUT2D eigenvalue weighted by Gasteiger charge is 2.18. The minimum atomic E-state index is 0.363. The molecule has 1 unspecified atom stereocenters. The van der Waals surface area contributed by atoms with Gasteiger partial charge in [-0.1, -0.05) is 18.6 Å². The fourth-order valence-corrected chi connectivity index (χ4v) is 2.70. The van der Waals surface area contributed by atoms with Crippen LogP contribution >= 0.6 is 11.3 Å². The molecule has 0 spiro atoms. The van der Waals surface area contributed by atoms with E-state index in [0.717, 1.165) is 6.54 Å². The monoisotopic (exact) mass is 222 g/mol. The molecule has 0 aliphatic heterocycles. The first-order chi connectivity index (χ1) is 7.42. The third-order valence-electron chi connectivity index (χ3n) is 2.85. The topological polar surface area (TPSA) is 24.9 Å². The van der Waals surface area contributed by atoms with Crippen molar-refractivity contribution in [3.63, 3.8) is 0 Å². The standard InChI is InChI=1S/C12H18N2S/c1-2-13-12(11-8-15-9-14-11)10-6-4-3-5-7-10/h6,8-9,12-13H,2-5,7H2,1H3. The predicted molar refractivity (Wildman–Crippen MR) is 65.1 cm³/mol. The smallest absolute Gasteiger partial charge is 0.0795 e. The van der Waals surface area contributed by atoms with Crippen molar-refractivity contribution >= 4 is 11.3 Å². The molecule has 15 heavy (non-hydrogen) atoms. The van der Waals surface area contributed by atoms with E-state index >= 15 is 0 Å². The van der Waals surface area contributed by atoms with Gasteiger partial charge in [0.25, 0.3) is 0 Å². The highest BCUT2D eigenvalue weighted by atomic mass is 32.1. The molecule has 2 nitrogen and oxygen atoms in total. The molecular formula is C12H18N2S. The lowest BCUT2D eigenvalue weighted by Gasteiger charge is -2.22. The molecule has 1 aliphatic rings. The van der Waals surface area contributed by atoms with Gasteiger partial charge < -0.3 is 5.32 Å². The predicted octanol–water partition coefficient (Wildman–Crippen LogP) is 3.29. The SMILES string of the molecule is CCNC(C1=CCCCC1)c1cscn1. The maximum atomic E-state index is 4.43. The maximum Gasteiger partial charge on any atom is 0.0795 e. The molecular weight excluding hydrogens is 204 g/mol. The van der Waals surface area contributed by atoms with Crippen molar-refractivity contribution in [1.29, 1.82) is 0 Å². The van der Waals surface area contributed by atoms with Crippen molar-refractivity contribution in [2.75, 3.05) is 6.54 Å². The quantitative estimate of drug-likeness (QED) is 0.791. The molecule has 1 aliphatic carbocycles. The van der Waals surface area contributed by atoms with E-state index in [2.05, 4.69) is 28.7 Å². The van der Waals surface area contributed by atoms with Crippen LogP contribution in [0.1, 0.15) is 44.3 Å². The Kier molecular flexibility index (Phi) is 3.92. The highest BCUT2D eigenvalue weighted by molar-refractivity contribution is 7.07. The molecule has 0 fully saturated rings. The van der Waals surface area contributed by atoms with Gasteiger partial charge >= 0.3 is 0 Å². The zero-order valence-electron chi connectivity index (χ0n) is 9.20. The highest BCUT2D eigenvalue weighted by Crippen LogP contribution is 2.29. The maximum absolute atomic E-state index is 4.43. The van der Waals surface area contributed by atoms with E-state index < -0.39 is 0 Å². The van der Waals surface area contributed by atoms with Crippen LogP contribution in [0.2, 0.25) is 0 Å². The zero-order valence-corrected chi connectivity index (χ0v) is 10.0. The van der Waals surface area contributed by atoms with Crippen LogP contribution in [-0.4, -0.2) is 11.5 Å². The number of likely N-dealkylation sites (N-methyl/N-ethyl adjacent to an activating group) is 1. The average Bonchev–Trinajstić information content (AvgIpc) is 2.80. The van der Waals surface area contributed by atoms with Crippen LogP contribution in [0.25, 0.3) is 0 Å². The van der Waals surface area contributed by atoms with E-state index in [1.165, 1.54) is 37.0 Å². The molecule has 0 saturated heterocycles. The second kappa shape index (κ2) is 5.42. The fourth-order valence-electron chi connectivity index (χ4n) is 2.12. The molecule has 2 rings (SSSR count). The number of nitrogens with one attached hydrogen (secondary N) is 1. The number of thiazole rings is 1. The number of aromatic nitrogens is 1. The first-order valence-corrected chi connectivity index (χ1v) is 6.66. The molecule has 3 heteroatoms. The normalized spacial score (nSPS) is 18.6. The molecule has 0 radical (unpaired) electrons. The van der Waals surface area contributed by atoms with Gasteiger partial charge in [-0.3, -0.25) is 0 Å². The van der Waals surface area contributed by atoms with E-state index in [-0.39, 0.29) is 0 Å². The van der Waals surface area contributed by atoms with Crippen molar-refractivity contribution in [3.05, 3.63) is 28.2 Å². The average molecular weight is 222 g/mol. The summed E-state index contributed by atoms with van der Waals surface area (Å²) in [6, 6.07) is 0.363. The molecule has 0 saturated carbocycles.